The molecule has 0 radical (unpaired) electrons. The third-order valence-electron chi connectivity index (χ3n) is 3.70. The van der Waals surface area contributed by atoms with Crippen molar-refractivity contribution in [3.8, 4) is 0 Å². The van der Waals surface area contributed by atoms with Gasteiger partial charge in [-0.1, -0.05) is 66.7 Å². The van der Waals surface area contributed by atoms with Crippen molar-refractivity contribution in [1.29, 1.82) is 0 Å². The van der Waals surface area contributed by atoms with Gasteiger partial charge in [0, 0.05) is 11.1 Å². The molecular formula is C20H19N. The second kappa shape index (κ2) is 6.36. The summed E-state index contributed by atoms with van der Waals surface area (Å²) >= 11 is 0. The molecule has 0 heterocycles. The molecule has 0 fully saturated rings. The Hall–Kier alpha value is -2.41. The summed E-state index contributed by atoms with van der Waals surface area (Å²) < 4.78 is 0. The average Bonchev–Trinajstić information content (AvgIpc) is 2.54. The van der Waals surface area contributed by atoms with E-state index in [2.05, 4.69) is 79.7 Å². The lowest BCUT2D eigenvalue weighted by atomic mass is 10.1. The van der Waals surface area contributed by atoms with E-state index in [1.54, 1.807) is 0 Å². The Balaban J connectivity index is 1.80. The first-order valence-electron chi connectivity index (χ1n) is 7.39. The minimum Gasteiger partial charge on any atom is -0.257 e. The molecule has 0 spiro atoms. The topological polar surface area (TPSA) is 12.4 Å². The standard InChI is InChI=1S/C20H19N/c1-16(14-15-17-8-3-2-4-9-17)21-20-13-7-11-18-10-5-6-12-19(18)20/h2-13H,14-15H2,1H3. The minimum atomic E-state index is 0.993. The first kappa shape index (κ1) is 13.6. The third-order valence-corrected chi connectivity index (χ3v) is 3.70. The number of aryl methyl sites for hydroxylation is 1. The largest absolute Gasteiger partial charge is 0.257 e. The molecule has 0 aliphatic heterocycles. The second-order valence-electron chi connectivity index (χ2n) is 5.33. The molecule has 21 heavy (non-hydrogen) atoms. The molecule has 0 saturated carbocycles. The molecule has 0 aliphatic rings. The lowest BCUT2D eigenvalue weighted by molar-refractivity contribution is 1.03. The van der Waals surface area contributed by atoms with Crippen LogP contribution in [0.25, 0.3) is 10.8 Å². The number of benzene rings is 3. The highest BCUT2D eigenvalue weighted by molar-refractivity contribution is 5.96. The molecule has 104 valence electrons. The highest BCUT2D eigenvalue weighted by atomic mass is 14.7. The molecule has 3 aromatic carbocycles. The van der Waals surface area contributed by atoms with E-state index in [1.807, 2.05) is 0 Å². The summed E-state index contributed by atoms with van der Waals surface area (Å²) in [6.45, 7) is 2.12. The lowest BCUT2D eigenvalue weighted by Gasteiger charge is -2.05. The van der Waals surface area contributed by atoms with Gasteiger partial charge in [0.15, 0.2) is 0 Å². The summed E-state index contributed by atoms with van der Waals surface area (Å²) in [6, 6.07) is 25.3. The van der Waals surface area contributed by atoms with E-state index < -0.39 is 0 Å². The summed E-state index contributed by atoms with van der Waals surface area (Å²) in [7, 11) is 0. The van der Waals surface area contributed by atoms with Gasteiger partial charge in [-0.3, -0.25) is 4.99 Å². The number of aliphatic imine (C=N–C) groups is 1. The van der Waals surface area contributed by atoms with Crippen LogP contribution in [0.4, 0.5) is 5.69 Å². The predicted octanol–water partition coefficient (Wildman–Crippen LogP) is 5.57. The molecule has 1 heteroatoms. The van der Waals surface area contributed by atoms with Gasteiger partial charge in [-0.2, -0.15) is 0 Å². The predicted molar refractivity (Wildman–Crippen MR) is 91.5 cm³/mol. The quantitative estimate of drug-likeness (QED) is 0.551. The number of hydrogen-bond acceptors (Lipinski definition) is 1. The maximum absolute atomic E-state index is 4.82. The maximum atomic E-state index is 4.82. The van der Waals surface area contributed by atoms with Crippen molar-refractivity contribution in [3.05, 3.63) is 78.4 Å². The van der Waals surface area contributed by atoms with Crippen LogP contribution in [0.3, 0.4) is 0 Å². The Morgan fingerprint density at radius 3 is 2.38 bits per heavy atom. The number of hydrogen-bond donors (Lipinski definition) is 0. The summed E-state index contributed by atoms with van der Waals surface area (Å²) in [6.07, 6.45) is 2.04. The molecule has 0 unspecified atom stereocenters. The van der Waals surface area contributed by atoms with Crippen LogP contribution in [0.5, 0.6) is 0 Å². The normalized spacial score (nSPS) is 11.8. The number of nitrogens with zero attached hydrogens (tertiary/aromatic N) is 1. The van der Waals surface area contributed by atoms with E-state index in [1.165, 1.54) is 22.0 Å². The zero-order valence-corrected chi connectivity index (χ0v) is 12.3. The summed E-state index contributed by atoms with van der Waals surface area (Å²) in [5.41, 5.74) is 3.61. The fourth-order valence-electron chi connectivity index (χ4n) is 2.54. The van der Waals surface area contributed by atoms with E-state index in [4.69, 9.17) is 4.99 Å². The van der Waals surface area contributed by atoms with Crippen LogP contribution in [-0.2, 0) is 6.42 Å². The zero-order valence-electron chi connectivity index (χ0n) is 12.3. The molecule has 0 saturated heterocycles. The molecular weight excluding hydrogens is 254 g/mol. The smallest absolute Gasteiger partial charge is 0.0707 e. The van der Waals surface area contributed by atoms with E-state index in [-0.39, 0.29) is 0 Å². The van der Waals surface area contributed by atoms with E-state index >= 15 is 0 Å². The van der Waals surface area contributed by atoms with Crippen LogP contribution in [0.1, 0.15) is 18.9 Å². The van der Waals surface area contributed by atoms with Gasteiger partial charge in [-0.15, -0.1) is 0 Å². The molecule has 3 rings (SSSR count). The van der Waals surface area contributed by atoms with Gasteiger partial charge in [0.1, 0.15) is 0 Å². The Morgan fingerprint density at radius 1 is 0.810 bits per heavy atom. The average molecular weight is 273 g/mol. The van der Waals surface area contributed by atoms with Crippen molar-refractivity contribution >= 4 is 22.2 Å². The highest BCUT2D eigenvalue weighted by Gasteiger charge is 2.00. The van der Waals surface area contributed by atoms with Gasteiger partial charge in [-0.05, 0) is 36.8 Å². The maximum Gasteiger partial charge on any atom is 0.0707 e. The van der Waals surface area contributed by atoms with Crippen LogP contribution in [0, 0.1) is 0 Å². The monoisotopic (exact) mass is 273 g/mol. The van der Waals surface area contributed by atoms with Gasteiger partial charge in [-0.25, -0.2) is 0 Å². The fourth-order valence-corrected chi connectivity index (χ4v) is 2.54. The highest BCUT2D eigenvalue weighted by Crippen LogP contribution is 2.26. The van der Waals surface area contributed by atoms with Crippen LogP contribution in [0.2, 0.25) is 0 Å². The minimum absolute atomic E-state index is 0.993. The summed E-state index contributed by atoms with van der Waals surface area (Å²) in [5.74, 6) is 0. The second-order valence-corrected chi connectivity index (χ2v) is 5.33. The van der Waals surface area contributed by atoms with Crippen LogP contribution < -0.4 is 0 Å². The Morgan fingerprint density at radius 2 is 1.52 bits per heavy atom. The van der Waals surface area contributed by atoms with Crippen molar-refractivity contribution in [1.82, 2.24) is 0 Å². The lowest BCUT2D eigenvalue weighted by Crippen LogP contribution is -1.94. The van der Waals surface area contributed by atoms with E-state index in [0.717, 1.165) is 18.5 Å². The summed E-state index contributed by atoms with van der Waals surface area (Å²) in [5, 5.41) is 2.47. The molecule has 0 aromatic heterocycles. The Bertz CT molecular complexity index is 752. The van der Waals surface area contributed by atoms with Crippen LogP contribution >= 0.6 is 0 Å². The summed E-state index contributed by atoms with van der Waals surface area (Å²) in [4.78, 5) is 4.82. The zero-order chi connectivity index (χ0) is 14.5. The third kappa shape index (κ3) is 3.38. The molecule has 0 bridgehead atoms. The van der Waals surface area contributed by atoms with Crippen molar-refractivity contribution in [2.45, 2.75) is 19.8 Å². The van der Waals surface area contributed by atoms with Gasteiger partial charge >= 0.3 is 0 Å². The number of rotatable bonds is 4. The SMILES string of the molecule is CC(CCc1ccccc1)=Nc1cccc2ccccc12. The molecule has 0 aliphatic carbocycles. The first-order valence-corrected chi connectivity index (χ1v) is 7.39. The molecule has 0 amide bonds. The Labute approximate surface area is 126 Å². The van der Waals surface area contributed by atoms with Gasteiger partial charge in [0.25, 0.3) is 0 Å². The van der Waals surface area contributed by atoms with Crippen molar-refractivity contribution < 1.29 is 0 Å². The molecule has 0 N–H and O–H groups in total. The van der Waals surface area contributed by atoms with Crippen LogP contribution in [-0.4, -0.2) is 5.71 Å². The van der Waals surface area contributed by atoms with Crippen molar-refractivity contribution in [2.24, 2.45) is 4.99 Å². The van der Waals surface area contributed by atoms with Gasteiger partial charge in [0.05, 0.1) is 5.69 Å². The van der Waals surface area contributed by atoms with Crippen molar-refractivity contribution in [2.75, 3.05) is 0 Å². The molecule has 1 nitrogen and oxygen atoms in total. The first-order chi connectivity index (χ1) is 10.3. The number of fused-ring (bicyclic) bond motifs is 1. The van der Waals surface area contributed by atoms with Gasteiger partial charge in [0.2, 0.25) is 0 Å². The Kier molecular flexibility index (Phi) is 4.11. The van der Waals surface area contributed by atoms with Crippen molar-refractivity contribution in [3.63, 3.8) is 0 Å². The van der Waals surface area contributed by atoms with E-state index in [9.17, 15) is 0 Å². The van der Waals surface area contributed by atoms with Gasteiger partial charge < -0.3 is 0 Å². The van der Waals surface area contributed by atoms with Crippen LogP contribution in [0.15, 0.2) is 77.8 Å². The molecule has 3 aromatic rings. The van der Waals surface area contributed by atoms with E-state index in [0.29, 0.717) is 0 Å². The fraction of sp³-hybridized carbons (Fsp3) is 0.150. The molecule has 0 atom stereocenters.